The molecule has 0 aliphatic rings. The van der Waals surface area contributed by atoms with Crippen molar-refractivity contribution in [1.82, 2.24) is 0 Å². The van der Waals surface area contributed by atoms with Gasteiger partial charge >= 0.3 is 6.48 Å². The summed E-state index contributed by atoms with van der Waals surface area (Å²) in [5, 5.41) is 0. The van der Waals surface area contributed by atoms with Crippen LogP contribution in [0.4, 0.5) is 0 Å². The van der Waals surface area contributed by atoms with E-state index in [4.69, 9.17) is 14.2 Å². The molecule has 3 radical (unpaired) electrons. The van der Waals surface area contributed by atoms with Crippen molar-refractivity contribution in [2.24, 2.45) is 0 Å². The van der Waals surface area contributed by atoms with Gasteiger partial charge in [0.05, 0.1) is 5.56 Å². The molecule has 4 nitrogen and oxygen atoms in total. The lowest BCUT2D eigenvalue weighted by Crippen LogP contribution is -2.22. The summed E-state index contributed by atoms with van der Waals surface area (Å²) in [6.07, 6.45) is 0. The van der Waals surface area contributed by atoms with Crippen LogP contribution in [0.2, 0.25) is 5.54 Å². The minimum atomic E-state index is -0.825. The van der Waals surface area contributed by atoms with Gasteiger partial charge in [-0.3, -0.25) is 4.79 Å². The molecule has 1 aromatic rings. The highest BCUT2D eigenvalue weighted by Gasteiger charge is 2.17. The summed E-state index contributed by atoms with van der Waals surface area (Å²) in [7, 11) is 6.22. The van der Waals surface area contributed by atoms with E-state index in [1.54, 1.807) is 31.2 Å². The lowest BCUT2D eigenvalue weighted by Gasteiger charge is -2.17. The molecule has 1 atom stereocenters. The van der Waals surface area contributed by atoms with Gasteiger partial charge in [-0.1, -0.05) is 19.1 Å². The van der Waals surface area contributed by atoms with E-state index in [2.05, 4.69) is 10.2 Å². The van der Waals surface area contributed by atoms with Crippen LogP contribution in [0.15, 0.2) is 24.3 Å². The highest BCUT2D eigenvalue weighted by atomic mass is 28.1. The number of ether oxygens (including phenoxy) is 3. The normalized spacial score (nSPS) is 12.5. The van der Waals surface area contributed by atoms with Gasteiger partial charge in [0.1, 0.15) is 5.75 Å². The van der Waals surface area contributed by atoms with Gasteiger partial charge in [-0.25, -0.2) is 0 Å². The number of hydrogen-bond donors (Lipinski definition) is 0. The molecule has 0 saturated carbocycles. The molecular weight excluding hydrogens is 236 g/mol. The summed E-state index contributed by atoms with van der Waals surface area (Å²) in [6, 6.07) is 6.97. The number of Topliss-reactive ketones (excluding diaryl/α,β-unsaturated/α-hetero) is 1. The lowest BCUT2D eigenvalue weighted by molar-refractivity contribution is -0.219. The van der Waals surface area contributed by atoms with E-state index in [9.17, 15) is 4.79 Å². The summed E-state index contributed by atoms with van der Waals surface area (Å²) < 4.78 is 15.3. The molecule has 0 aliphatic heterocycles. The fourth-order valence-electron chi connectivity index (χ4n) is 1.30. The van der Waals surface area contributed by atoms with Crippen molar-refractivity contribution >= 4 is 16.0 Å². The Kier molecular flexibility index (Phi) is 5.34. The van der Waals surface area contributed by atoms with Crippen LogP contribution in [0.5, 0.6) is 5.75 Å². The van der Waals surface area contributed by atoms with Crippen LogP contribution < -0.4 is 4.74 Å². The number of benzene rings is 1. The minimum Gasteiger partial charge on any atom is -0.440 e. The van der Waals surface area contributed by atoms with Crippen molar-refractivity contribution in [3.63, 3.8) is 0 Å². The zero-order valence-corrected chi connectivity index (χ0v) is 11.1. The van der Waals surface area contributed by atoms with Gasteiger partial charge in [0, 0.05) is 30.0 Å². The average Bonchev–Trinajstić information content (AvgIpc) is 2.35. The van der Waals surface area contributed by atoms with Crippen LogP contribution in [0, 0.1) is 0 Å². The van der Waals surface area contributed by atoms with Crippen LogP contribution in [0.3, 0.4) is 0 Å². The number of carbonyl (C=O) groups excluding carboxylic acids is 1. The van der Waals surface area contributed by atoms with Crippen molar-refractivity contribution in [3.05, 3.63) is 29.8 Å². The number of methoxy groups -OCH3 is 2. The highest BCUT2D eigenvalue weighted by Crippen LogP contribution is 2.23. The standard InChI is InChI=1S/C12H15O4Si/c1-8(17)11(13)9-6-4-5-7-10(9)16-12(14-2)15-3/h4-8,12H,1-3H3. The van der Waals surface area contributed by atoms with Gasteiger partial charge < -0.3 is 14.2 Å². The Labute approximate surface area is 104 Å². The largest absolute Gasteiger partial charge is 0.440 e. The molecule has 0 bridgehead atoms. The quantitative estimate of drug-likeness (QED) is 0.439. The molecule has 0 spiro atoms. The summed E-state index contributed by atoms with van der Waals surface area (Å²) >= 11 is 0. The zero-order chi connectivity index (χ0) is 12.8. The molecule has 0 fully saturated rings. The van der Waals surface area contributed by atoms with Crippen LogP contribution in [-0.2, 0) is 9.47 Å². The number of rotatable bonds is 6. The van der Waals surface area contributed by atoms with Gasteiger partial charge in [-0.05, 0) is 12.1 Å². The maximum absolute atomic E-state index is 11.9. The second-order valence-corrected chi connectivity index (χ2v) is 4.33. The van der Waals surface area contributed by atoms with E-state index < -0.39 is 6.48 Å². The van der Waals surface area contributed by atoms with Crippen molar-refractivity contribution < 1.29 is 19.0 Å². The van der Waals surface area contributed by atoms with E-state index >= 15 is 0 Å². The number of hydrogen-bond acceptors (Lipinski definition) is 4. The highest BCUT2D eigenvalue weighted by molar-refractivity contribution is 6.28. The summed E-state index contributed by atoms with van der Waals surface area (Å²) in [6.45, 7) is 0.939. The Bertz CT molecular complexity index is 375. The van der Waals surface area contributed by atoms with Crippen LogP contribution in [0.1, 0.15) is 17.3 Å². The molecule has 1 rings (SSSR count). The molecule has 1 aromatic carbocycles. The molecule has 5 heteroatoms. The summed E-state index contributed by atoms with van der Waals surface area (Å²) in [4.78, 5) is 11.9. The molecule has 0 aliphatic carbocycles. The second kappa shape index (κ2) is 6.54. The van der Waals surface area contributed by atoms with Gasteiger partial charge in [0.15, 0.2) is 5.78 Å². The number of carbonyl (C=O) groups is 1. The molecule has 0 N–H and O–H groups in total. The molecule has 0 aromatic heterocycles. The molecule has 0 amide bonds. The predicted octanol–water partition coefficient (Wildman–Crippen LogP) is 1.80. The van der Waals surface area contributed by atoms with Crippen molar-refractivity contribution in [2.75, 3.05) is 14.2 Å². The fourth-order valence-corrected chi connectivity index (χ4v) is 1.46. The van der Waals surface area contributed by atoms with Gasteiger partial charge in [-0.2, -0.15) is 0 Å². The van der Waals surface area contributed by atoms with Gasteiger partial charge in [0.2, 0.25) is 0 Å². The third-order valence-corrected chi connectivity index (χ3v) is 2.42. The molecule has 1 unspecified atom stereocenters. The van der Waals surface area contributed by atoms with E-state index in [0.717, 1.165) is 0 Å². The first kappa shape index (κ1) is 13.9. The third kappa shape index (κ3) is 3.66. The van der Waals surface area contributed by atoms with E-state index in [-0.39, 0.29) is 11.3 Å². The minimum absolute atomic E-state index is 0.0526. The fraction of sp³-hybridized carbons (Fsp3) is 0.417. The zero-order valence-electron chi connectivity index (χ0n) is 10.1. The monoisotopic (exact) mass is 251 g/mol. The van der Waals surface area contributed by atoms with Gasteiger partial charge in [0.25, 0.3) is 0 Å². The smallest absolute Gasteiger partial charge is 0.315 e. The topological polar surface area (TPSA) is 44.8 Å². The molecule has 0 heterocycles. The summed E-state index contributed by atoms with van der Waals surface area (Å²) in [5.41, 5.74) is 0.220. The van der Waals surface area contributed by atoms with Crippen LogP contribution >= 0.6 is 0 Å². The third-order valence-electron chi connectivity index (χ3n) is 2.15. The Morgan fingerprint density at radius 3 is 2.35 bits per heavy atom. The van der Waals surface area contributed by atoms with Crippen molar-refractivity contribution in [2.45, 2.75) is 18.9 Å². The first-order chi connectivity index (χ1) is 8.10. The van der Waals surface area contributed by atoms with Gasteiger partial charge in [-0.15, -0.1) is 0 Å². The average molecular weight is 251 g/mol. The Hall–Kier alpha value is -1.17. The SMILES string of the molecule is COC(OC)Oc1ccccc1C(=O)C(C)[Si]. The maximum Gasteiger partial charge on any atom is 0.315 e. The van der Waals surface area contributed by atoms with Crippen LogP contribution in [-0.4, -0.2) is 36.7 Å². The Balaban J connectivity index is 2.95. The molecular formula is C12H15O4Si. The predicted molar refractivity (Wildman–Crippen MR) is 64.4 cm³/mol. The lowest BCUT2D eigenvalue weighted by atomic mass is 10.1. The van der Waals surface area contributed by atoms with E-state index in [0.29, 0.717) is 11.3 Å². The van der Waals surface area contributed by atoms with Crippen LogP contribution in [0.25, 0.3) is 0 Å². The Morgan fingerprint density at radius 2 is 1.82 bits per heavy atom. The Morgan fingerprint density at radius 1 is 1.24 bits per heavy atom. The molecule has 0 saturated heterocycles. The second-order valence-electron chi connectivity index (χ2n) is 3.46. The maximum atomic E-state index is 11.9. The number of para-hydroxylation sites is 1. The van der Waals surface area contributed by atoms with E-state index in [1.807, 2.05) is 0 Å². The first-order valence-electron chi connectivity index (χ1n) is 5.16. The number of ketones is 1. The van der Waals surface area contributed by atoms with Crippen molar-refractivity contribution in [3.8, 4) is 5.75 Å². The first-order valence-corrected chi connectivity index (χ1v) is 5.74. The van der Waals surface area contributed by atoms with E-state index in [1.165, 1.54) is 14.2 Å². The summed E-state index contributed by atoms with van der Waals surface area (Å²) in [5.74, 6) is 0.388. The molecule has 91 valence electrons. The molecule has 17 heavy (non-hydrogen) atoms. The van der Waals surface area contributed by atoms with Crippen molar-refractivity contribution in [1.29, 1.82) is 0 Å².